The van der Waals surface area contributed by atoms with E-state index in [4.69, 9.17) is 4.74 Å². The van der Waals surface area contributed by atoms with Crippen LogP contribution in [-0.4, -0.2) is 25.3 Å². The van der Waals surface area contributed by atoms with Gasteiger partial charge in [0.15, 0.2) is 0 Å². The average Bonchev–Trinajstić information content (AvgIpc) is 2.18. The van der Waals surface area contributed by atoms with Crippen molar-refractivity contribution in [2.24, 2.45) is 11.8 Å². The van der Waals surface area contributed by atoms with Crippen LogP contribution in [0.15, 0.2) is 0 Å². The Kier molecular flexibility index (Phi) is 8.89. The van der Waals surface area contributed by atoms with Gasteiger partial charge >= 0.3 is 0 Å². The van der Waals surface area contributed by atoms with Gasteiger partial charge in [-0.2, -0.15) is 0 Å². The fourth-order valence-corrected chi connectivity index (χ4v) is 2.04. The number of hydrogen-bond acceptors (Lipinski definition) is 2. The van der Waals surface area contributed by atoms with Crippen molar-refractivity contribution >= 4 is 0 Å². The average molecular weight is 243 g/mol. The molecule has 0 aromatic rings. The minimum atomic E-state index is 0.231. The lowest BCUT2D eigenvalue weighted by atomic mass is 9.92. The monoisotopic (exact) mass is 243 g/mol. The van der Waals surface area contributed by atoms with Gasteiger partial charge in [-0.15, -0.1) is 0 Å². The summed E-state index contributed by atoms with van der Waals surface area (Å²) < 4.78 is 5.41. The number of ether oxygens (including phenoxy) is 1. The van der Waals surface area contributed by atoms with E-state index >= 15 is 0 Å². The molecular weight excluding hydrogens is 210 g/mol. The maximum atomic E-state index is 5.41. The van der Waals surface area contributed by atoms with E-state index in [1.165, 1.54) is 19.3 Å². The highest BCUT2D eigenvalue weighted by atomic mass is 16.5. The van der Waals surface area contributed by atoms with E-state index in [0.29, 0.717) is 0 Å². The van der Waals surface area contributed by atoms with Crippen molar-refractivity contribution in [3.63, 3.8) is 0 Å². The van der Waals surface area contributed by atoms with Crippen LogP contribution in [0, 0.1) is 11.8 Å². The highest BCUT2D eigenvalue weighted by Gasteiger charge is 2.15. The summed E-state index contributed by atoms with van der Waals surface area (Å²) in [5.41, 5.74) is 0.231. The molecule has 0 heterocycles. The predicted octanol–water partition coefficient (Wildman–Crippen LogP) is 3.85. The summed E-state index contributed by atoms with van der Waals surface area (Å²) in [6.07, 6.45) is 3.79. The zero-order valence-electron chi connectivity index (χ0n) is 12.8. The number of nitrogens with one attached hydrogen (secondary N) is 1. The first-order valence-corrected chi connectivity index (χ1v) is 7.18. The molecule has 1 unspecified atom stereocenters. The lowest BCUT2D eigenvalue weighted by Gasteiger charge is -2.26. The van der Waals surface area contributed by atoms with E-state index < -0.39 is 0 Å². The van der Waals surface area contributed by atoms with Gasteiger partial charge in [-0.3, -0.25) is 0 Å². The van der Waals surface area contributed by atoms with Crippen molar-refractivity contribution in [3.8, 4) is 0 Å². The molecule has 104 valence electrons. The van der Waals surface area contributed by atoms with E-state index in [1.54, 1.807) is 0 Å². The lowest BCUT2D eigenvalue weighted by Crippen LogP contribution is -2.39. The molecular formula is C15H33NO. The lowest BCUT2D eigenvalue weighted by molar-refractivity contribution is 0.137. The van der Waals surface area contributed by atoms with Gasteiger partial charge in [0.1, 0.15) is 0 Å². The molecule has 17 heavy (non-hydrogen) atoms. The third kappa shape index (κ3) is 12.2. The molecule has 0 rings (SSSR count). The van der Waals surface area contributed by atoms with Crippen molar-refractivity contribution in [1.29, 1.82) is 0 Å². The molecule has 2 heteroatoms. The second-order valence-corrected chi connectivity index (χ2v) is 6.47. The second kappa shape index (κ2) is 8.93. The largest absolute Gasteiger partial charge is 0.382 e. The van der Waals surface area contributed by atoms with Gasteiger partial charge in [0.2, 0.25) is 0 Å². The van der Waals surface area contributed by atoms with Crippen molar-refractivity contribution < 1.29 is 4.74 Å². The molecule has 0 fully saturated rings. The Hall–Kier alpha value is -0.0800. The first-order valence-electron chi connectivity index (χ1n) is 7.18. The molecule has 1 N–H and O–H groups in total. The van der Waals surface area contributed by atoms with Crippen LogP contribution in [0.5, 0.6) is 0 Å². The Labute approximate surface area is 109 Å². The zero-order chi connectivity index (χ0) is 13.3. The summed E-state index contributed by atoms with van der Waals surface area (Å²) >= 11 is 0. The smallest absolute Gasteiger partial charge is 0.0466 e. The normalized spacial score (nSPS) is 14.3. The molecule has 2 nitrogen and oxygen atoms in total. The van der Waals surface area contributed by atoms with Gasteiger partial charge in [0.25, 0.3) is 0 Å². The van der Waals surface area contributed by atoms with E-state index in [-0.39, 0.29) is 5.54 Å². The first-order chi connectivity index (χ1) is 7.85. The Morgan fingerprint density at radius 1 is 1.18 bits per heavy atom. The maximum absolute atomic E-state index is 5.41. The molecule has 0 aliphatic heterocycles. The van der Waals surface area contributed by atoms with Gasteiger partial charge in [-0.05, 0) is 65.3 Å². The van der Waals surface area contributed by atoms with Crippen LogP contribution in [0.1, 0.15) is 60.8 Å². The molecule has 0 bridgehead atoms. The number of hydrogen-bond donors (Lipinski definition) is 1. The van der Waals surface area contributed by atoms with Crippen LogP contribution in [0.4, 0.5) is 0 Å². The Morgan fingerprint density at radius 2 is 1.82 bits per heavy atom. The zero-order valence-corrected chi connectivity index (χ0v) is 12.8. The third-order valence-electron chi connectivity index (χ3n) is 2.83. The van der Waals surface area contributed by atoms with Crippen LogP contribution in [0.3, 0.4) is 0 Å². The first kappa shape index (κ1) is 16.9. The fourth-order valence-electron chi connectivity index (χ4n) is 2.04. The molecule has 0 aromatic carbocycles. The van der Waals surface area contributed by atoms with Crippen LogP contribution in [-0.2, 0) is 4.74 Å². The summed E-state index contributed by atoms with van der Waals surface area (Å²) in [5, 5.41) is 3.63. The second-order valence-electron chi connectivity index (χ2n) is 6.47. The molecule has 0 saturated carbocycles. The van der Waals surface area contributed by atoms with Crippen LogP contribution in [0.25, 0.3) is 0 Å². The molecule has 0 aromatic heterocycles. The standard InChI is InChI=1S/C15H33NO/c1-7-17-10-8-9-14(11-13(2)3)12-16-15(4,5)6/h13-14,16H,7-12H2,1-6H3. The molecule has 0 radical (unpaired) electrons. The molecule has 0 aliphatic carbocycles. The van der Waals surface area contributed by atoms with Gasteiger partial charge in [-0.1, -0.05) is 13.8 Å². The van der Waals surface area contributed by atoms with Gasteiger partial charge in [0.05, 0.1) is 0 Å². The molecule has 0 amide bonds. The van der Waals surface area contributed by atoms with Crippen LogP contribution in [0.2, 0.25) is 0 Å². The summed E-state index contributed by atoms with van der Waals surface area (Å²) in [7, 11) is 0. The quantitative estimate of drug-likeness (QED) is 0.621. The third-order valence-corrected chi connectivity index (χ3v) is 2.83. The van der Waals surface area contributed by atoms with Crippen molar-refractivity contribution in [3.05, 3.63) is 0 Å². The van der Waals surface area contributed by atoms with Crippen molar-refractivity contribution in [2.45, 2.75) is 66.3 Å². The van der Waals surface area contributed by atoms with Crippen molar-refractivity contribution in [2.75, 3.05) is 19.8 Å². The maximum Gasteiger partial charge on any atom is 0.0466 e. The highest BCUT2D eigenvalue weighted by Crippen LogP contribution is 2.17. The minimum Gasteiger partial charge on any atom is -0.382 e. The van der Waals surface area contributed by atoms with Gasteiger partial charge in [-0.25, -0.2) is 0 Å². The van der Waals surface area contributed by atoms with Crippen LogP contribution < -0.4 is 5.32 Å². The predicted molar refractivity (Wildman–Crippen MR) is 76.4 cm³/mol. The summed E-state index contributed by atoms with van der Waals surface area (Å²) in [4.78, 5) is 0. The highest BCUT2D eigenvalue weighted by molar-refractivity contribution is 4.74. The molecule has 1 atom stereocenters. The molecule has 0 spiro atoms. The van der Waals surface area contributed by atoms with Crippen LogP contribution >= 0.6 is 0 Å². The van der Waals surface area contributed by atoms with E-state index in [1.807, 2.05) is 0 Å². The molecule has 0 aliphatic rings. The Balaban J connectivity index is 3.88. The van der Waals surface area contributed by atoms with Gasteiger partial charge in [0, 0.05) is 18.8 Å². The van der Waals surface area contributed by atoms with Gasteiger partial charge < -0.3 is 10.1 Å². The van der Waals surface area contributed by atoms with E-state index in [2.05, 4.69) is 46.9 Å². The SMILES string of the molecule is CCOCCCC(CNC(C)(C)C)CC(C)C. The summed E-state index contributed by atoms with van der Waals surface area (Å²) in [5.74, 6) is 1.57. The Morgan fingerprint density at radius 3 is 2.29 bits per heavy atom. The van der Waals surface area contributed by atoms with E-state index in [9.17, 15) is 0 Å². The Bertz CT molecular complexity index is 172. The summed E-state index contributed by atoms with van der Waals surface area (Å²) in [6.45, 7) is 16.3. The molecule has 0 saturated heterocycles. The summed E-state index contributed by atoms with van der Waals surface area (Å²) in [6, 6.07) is 0. The topological polar surface area (TPSA) is 21.3 Å². The fraction of sp³-hybridized carbons (Fsp3) is 1.00. The van der Waals surface area contributed by atoms with Crippen molar-refractivity contribution in [1.82, 2.24) is 5.32 Å². The minimum absolute atomic E-state index is 0.231. The van der Waals surface area contributed by atoms with E-state index in [0.717, 1.165) is 31.6 Å². The number of rotatable bonds is 9.